The lowest BCUT2D eigenvalue weighted by molar-refractivity contribution is -0.290. The quantitative estimate of drug-likeness (QED) is 0.343. The molecule has 0 fully saturated rings. The van der Waals surface area contributed by atoms with Crippen molar-refractivity contribution >= 4 is 17.5 Å². The van der Waals surface area contributed by atoms with E-state index in [1.54, 1.807) is 0 Å². The minimum atomic E-state index is -6.00. The summed E-state index contributed by atoms with van der Waals surface area (Å²) in [4.78, 5) is -1.35. The van der Waals surface area contributed by atoms with Crippen molar-refractivity contribution in [3.8, 4) is 0 Å². The molecule has 1 unspecified atom stereocenters. The fourth-order valence-electron chi connectivity index (χ4n) is 1.89. The first-order valence-electron chi connectivity index (χ1n) is 7.36. The summed E-state index contributed by atoms with van der Waals surface area (Å²) in [5.74, 6) is -5.41. The number of hydrogen-bond acceptors (Lipinski definition) is 5. The van der Waals surface area contributed by atoms with Crippen LogP contribution in [0.3, 0.4) is 0 Å². The Balaban J connectivity index is 3.25. The second-order valence-electron chi connectivity index (χ2n) is 5.55. The van der Waals surface area contributed by atoms with Crippen LogP contribution in [-0.2, 0) is 29.3 Å². The van der Waals surface area contributed by atoms with E-state index >= 15 is 0 Å². The first-order chi connectivity index (χ1) is 11.7. The summed E-state index contributed by atoms with van der Waals surface area (Å²) in [5, 5.41) is 0. The van der Waals surface area contributed by atoms with E-state index in [4.69, 9.17) is 4.52 Å². The number of benzene rings is 1. The third kappa shape index (κ3) is 5.25. The van der Waals surface area contributed by atoms with Crippen LogP contribution < -0.4 is 0 Å². The van der Waals surface area contributed by atoms with Crippen molar-refractivity contribution in [2.24, 2.45) is 0 Å². The fourth-order valence-corrected chi connectivity index (χ4v) is 5.09. The molecular weight excluding hydrogens is 406 g/mol. The van der Waals surface area contributed by atoms with Gasteiger partial charge in [-0.1, -0.05) is 25.1 Å². The van der Waals surface area contributed by atoms with Crippen molar-refractivity contribution < 1.29 is 43.6 Å². The lowest BCUT2D eigenvalue weighted by atomic mass is 10.1. The van der Waals surface area contributed by atoms with Gasteiger partial charge < -0.3 is 4.52 Å². The monoisotopic (exact) mass is 424 g/mol. The van der Waals surface area contributed by atoms with Gasteiger partial charge in [0, 0.05) is 6.16 Å². The second kappa shape index (κ2) is 7.92. The lowest BCUT2D eigenvalue weighted by Gasteiger charge is -2.23. The van der Waals surface area contributed by atoms with Crippen molar-refractivity contribution in [2.45, 2.75) is 43.9 Å². The molecule has 0 spiro atoms. The van der Waals surface area contributed by atoms with Gasteiger partial charge >= 0.3 is 12.1 Å². The maximum atomic E-state index is 13.6. The molecular formula is C14H18F5O5PS. The van der Waals surface area contributed by atoms with Gasteiger partial charge in [0.05, 0.1) is 11.7 Å². The van der Waals surface area contributed by atoms with Crippen molar-refractivity contribution in [1.82, 2.24) is 0 Å². The number of rotatable bonds is 8. The topological polar surface area (TPSA) is 69.7 Å². The van der Waals surface area contributed by atoms with Gasteiger partial charge in [0.2, 0.25) is 7.37 Å². The molecule has 0 amide bonds. The van der Waals surface area contributed by atoms with Crippen LogP contribution >= 0.6 is 7.37 Å². The molecule has 0 aliphatic rings. The first-order valence-corrected chi connectivity index (χ1v) is 10.8. The highest BCUT2D eigenvalue weighted by atomic mass is 32.2. The molecule has 1 aromatic rings. The largest absolute Gasteiger partial charge is 0.458 e. The predicted octanol–water partition coefficient (Wildman–Crippen LogP) is 4.73. The highest BCUT2D eigenvalue weighted by molar-refractivity contribution is 7.87. The molecule has 0 radical (unpaired) electrons. The van der Waals surface area contributed by atoms with E-state index in [0.717, 1.165) is 12.1 Å². The number of alkyl halides is 5. The van der Waals surface area contributed by atoms with Crippen molar-refractivity contribution in [3.63, 3.8) is 0 Å². The molecule has 5 nitrogen and oxygen atoms in total. The average Bonchev–Trinajstić information content (AvgIpc) is 2.51. The van der Waals surface area contributed by atoms with Gasteiger partial charge in [0.25, 0.3) is 10.1 Å². The first kappa shape index (κ1) is 23.0. The highest BCUT2D eigenvalue weighted by Gasteiger charge is 2.60. The molecule has 0 heterocycles. The molecule has 0 aliphatic carbocycles. The Kier molecular flexibility index (Phi) is 7.01. The van der Waals surface area contributed by atoms with E-state index in [1.807, 2.05) is 0 Å². The van der Waals surface area contributed by atoms with Crippen LogP contribution in [0, 0.1) is 0 Å². The molecule has 1 aromatic carbocycles. The minimum absolute atomic E-state index is 0.110. The zero-order valence-electron chi connectivity index (χ0n) is 14.1. The van der Waals surface area contributed by atoms with Crippen molar-refractivity contribution in [1.29, 1.82) is 0 Å². The second-order valence-corrected chi connectivity index (χ2v) is 9.87. The Labute approximate surface area is 148 Å². The Bertz CT molecular complexity index is 776. The van der Waals surface area contributed by atoms with Crippen LogP contribution in [0.5, 0.6) is 0 Å². The average molecular weight is 424 g/mol. The Morgan fingerprint density at radius 3 is 2.12 bits per heavy atom. The third-order valence-corrected chi connectivity index (χ3v) is 6.93. The van der Waals surface area contributed by atoms with E-state index in [-0.39, 0.29) is 6.16 Å². The smallest absolute Gasteiger partial charge is 0.324 e. The van der Waals surface area contributed by atoms with Crippen molar-refractivity contribution in [3.05, 3.63) is 29.8 Å². The van der Waals surface area contributed by atoms with Crippen LogP contribution in [0.4, 0.5) is 22.0 Å². The lowest BCUT2D eigenvalue weighted by Crippen LogP contribution is -2.35. The maximum Gasteiger partial charge on any atom is 0.458 e. The molecule has 0 aromatic heterocycles. The Morgan fingerprint density at radius 1 is 1.12 bits per heavy atom. The van der Waals surface area contributed by atoms with Crippen LogP contribution in [0.25, 0.3) is 0 Å². The standard InChI is InChI=1S/C14H18F5O5PS/c1-4-25(20,24-10(2)3)9-23-26(21,22)12-8-6-5-7-11(12)13(15,16)14(17,18)19/h5-8,10H,4,9H2,1-3H3. The zero-order valence-corrected chi connectivity index (χ0v) is 15.8. The van der Waals surface area contributed by atoms with E-state index in [1.165, 1.54) is 20.8 Å². The summed E-state index contributed by atoms with van der Waals surface area (Å²) in [5.41, 5.74) is -1.77. The van der Waals surface area contributed by atoms with Crippen LogP contribution in [-0.4, -0.2) is 33.2 Å². The molecule has 0 saturated heterocycles. The van der Waals surface area contributed by atoms with E-state index in [9.17, 15) is 34.9 Å². The van der Waals surface area contributed by atoms with Crippen LogP contribution in [0.1, 0.15) is 26.3 Å². The van der Waals surface area contributed by atoms with E-state index < -0.39 is 52.5 Å². The summed E-state index contributed by atoms with van der Waals surface area (Å²) in [6.07, 6.45) is -7.62. The van der Waals surface area contributed by atoms with Crippen LogP contribution in [0.15, 0.2) is 29.2 Å². The Hall–Kier alpha value is -1.03. The minimum Gasteiger partial charge on any atom is -0.324 e. The van der Waals surface area contributed by atoms with Gasteiger partial charge in [0.1, 0.15) is 11.2 Å². The molecule has 26 heavy (non-hydrogen) atoms. The van der Waals surface area contributed by atoms with Gasteiger partial charge in [-0.05, 0) is 19.9 Å². The maximum absolute atomic E-state index is 13.6. The summed E-state index contributed by atoms with van der Waals surface area (Å²) in [7, 11) is -8.62. The fraction of sp³-hybridized carbons (Fsp3) is 0.571. The third-order valence-electron chi connectivity index (χ3n) is 3.14. The molecule has 1 atom stereocenters. The molecule has 0 N–H and O–H groups in total. The molecule has 12 heteroatoms. The van der Waals surface area contributed by atoms with Gasteiger partial charge in [0.15, 0.2) is 0 Å². The summed E-state index contributed by atoms with van der Waals surface area (Å²) in [6.45, 7) is 4.51. The molecule has 150 valence electrons. The number of hydrogen-bond donors (Lipinski definition) is 0. The van der Waals surface area contributed by atoms with Gasteiger partial charge in [-0.3, -0.25) is 8.75 Å². The summed E-state index contributed by atoms with van der Waals surface area (Å²) in [6, 6.07) is 2.71. The molecule has 0 saturated carbocycles. The highest BCUT2D eigenvalue weighted by Crippen LogP contribution is 2.49. The van der Waals surface area contributed by atoms with Crippen LogP contribution in [0.2, 0.25) is 0 Å². The summed E-state index contributed by atoms with van der Waals surface area (Å²) >= 11 is 0. The normalized spacial score (nSPS) is 15.9. The molecule has 0 aliphatic heterocycles. The summed E-state index contributed by atoms with van der Waals surface area (Å²) < 4.78 is 111. The zero-order chi connectivity index (χ0) is 20.4. The molecule has 0 bridgehead atoms. The molecule has 1 rings (SSSR count). The van der Waals surface area contributed by atoms with E-state index in [2.05, 4.69) is 4.18 Å². The van der Waals surface area contributed by atoms with E-state index in [0.29, 0.717) is 12.1 Å². The SMILES string of the molecule is CCP(=O)(COS(=O)(=O)c1ccccc1C(F)(F)C(F)(F)F)OC(C)C. The number of halogens is 5. The van der Waals surface area contributed by atoms with Crippen molar-refractivity contribution in [2.75, 3.05) is 12.5 Å². The van der Waals surface area contributed by atoms with Gasteiger partial charge in [-0.25, -0.2) is 0 Å². The van der Waals surface area contributed by atoms with Gasteiger partial charge in [-0.15, -0.1) is 0 Å². The Morgan fingerprint density at radius 2 is 1.65 bits per heavy atom. The van der Waals surface area contributed by atoms with Gasteiger partial charge in [-0.2, -0.15) is 30.4 Å². The predicted molar refractivity (Wildman–Crippen MR) is 83.9 cm³/mol.